The molecule has 1 aliphatic rings. The molecule has 4 rings (SSSR count). The van der Waals surface area contributed by atoms with Gasteiger partial charge in [0.1, 0.15) is 0 Å². The Morgan fingerprint density at radius 1 is 1.24 bits per heavy atom. The van der Waals surface area contributed by atoms with Gasteiger partial charge in [-0.2, -0.15) is 4.98 Å². The topological polar surface area (TPSA) is 134 Å². The largest absolute Gasteiger partial charge is 0.398 e. The van der Waals surface area contributed by atoms with Crippen LogP contribution in [0.2, 0.25) is 0 Å². The first kappa shape index (κ1) is 22.5. The number of ketones is 1. The Hall–Kier alpha value is -3.66. The lowest BCUT2D eigenvalue weighted by molar-refractivity contribution is 0.0969. The Labute approximate surface area is 190 Å². The molecule has 2 aromatic heterocycles. The van der Waals surface area contributed by atoms with Gasteiger partial charge in [-0.1, -0.05) is 24.3 Å². The first-order valence-electron chi connectivity index (χ1n) is 11.0. The number of fused-ring (bicyclic) bond motifs is 1. The van der Waals surface area contributed by atoms with Gasteiger partial charge in [-0.25, -0.2) is 4.79 Å². The second kappa shape index (κ2) is 9.07. The summed E-state index contributed by atoms with van der Waals surface area (Å²) in [5.74, 6) is 0.190. The van der Waals surface area contributed by atoms with E-state index in [-0.39, 0.29) is 22.8 Å². The number of rotatable bonds is 6. The maximum absolute atomic E-state index is 13.5. The minimum Gasteiger partial charge on any atom is -0.398 e. The fourth-order valence-electron chi connectivity index (χ4n) is 4.30. The molecule has 0 aliphatic carbocycles. The number of imidazole rings is 1. The molecule has 4 N–H and O–H groups in total. The number of hydrogen-bond donors (Lipinski definition) is 2. The summed E-state index contributed by atoms with van der Waals surface area (Å²) in [5, 5.41) is 0. The van der Waals surface area contributed by atoms with Crippen molar-refractivity contribution in [2.75, 3.05) is 23.7 Å². The highest BCUT2D eigenvalue weighted by Gasteiger charge is 2.26. The van der Waals surface area contributed by atoms with Gasteiger partial charge in [-0.05, 0) is 31.9 Å². The number of piperidine rings is 1. The average Bonchev–Trinajstić information content (AvgIpc) is 3.19. The Balaban J connectivity index is 1.88. The lowest BCUT2D eigenvalue weighted by Gasteiger charge is -2.31. The van der Waals surface area contributed by atoms with Gasteiger partial charge < -0.3 is 20.9 Å². The molecule has 10 nitrogen and oxygen atoms in total. The van der Waals surface area contributed by atoms with Gasteiger partial charge in [-0.15, -0.1) is 0 Å². The van der Waals surface area contributed by atoms with Crippen LogP contribution < -0.4 is 27.6 Å². The number of aryl methyl sites for hydroxylation is 1. The lowest BCUT2D eigenvalue weighted by Crippen LogP contribution is -2.44. The summed E-state index contributed by atoms with van der Waals surface area (Å²) >= 11 is 0. The third kappa shape index (κ3) is 4.09. The van der Waals surface area contributed by atoms with E-state index in [4.69, 9.17) is 11.5 Å². The van der Waals surface area contributed by atoms with Crippen LogP contribution in [0.1, 0.15) is 30.1 Å². The summed E-state index contributed by atoms with van der Waals surface area (Å²) in [6.45, 7) is 3.27. The molecule has 3 heterocycles. The van der Waals surface area contributed by atoms with E-state index in [0.717, 1.165) is 24.0 Å². The molecule has 0 spiro atoms. The zero-order valence-corrected chi connectivity index (χ0v) is 18.9. The summed E-state index contributed by atoms with van der Waals surface area (Å²) in [5.41, 5.74) is 12.1. The van der Waals surface area contributed by atoms with Crippen molar-refractivity contribution in [3.05, 3.63) is 62.8 Å². The van der Waals surface area contributed by atoms with Crippen molar-refractivity contribution in [3.8, 4) is 0 Å². The number of allylic oxidation sites excluding steroid dienone is 2. The van der Waals surface area contributed by atoms with Crippen molar-refractivity contribution < 1.29 is 4.79 Å². The average molecular weight is 452 g/mol. The molecular weight excluding hydrogens is 422 g/mol. The number of nitrogens with two attached hydrogens (primary N) is 2. The molecule has 1 aliphatic heterocycles. The highest BCUT2D eigenvalue weighted by atomic mass is 16.2. The molecule has 1 atom stereocenters. The van der Waals surface area contributed by atoms with E-state index >= 15 is 0 Å². The van der Waals surface area contributed by atoms with Crippen LogP contribution in [0.5, 0.6) is 0 Å². The van der Waals surface area contributed by atoms with E-state index in [1.54, 1.807) is 35.9 Å². The molecule has 10 heteroatoms. The number of carbonyl (C=O) groups is 1. The molecule has 1 saturated heterocycles. The minimum atomic E-state index is -0.604. The minimum absolute atomic E-state index is 0.0168. The number of nitrogens with zero attached hydrogens (tertiary/aromatic N) is 5. The van der Waals surface area contributed by atoms with E-state index < -0.39 is 23.6 Å². The maximum atomic E-state index is 13.5. The molecule has 1 fully saturated rings. The van der Waals surface area contributed by atoms with Crippen molar-refractivity contribution in [1.82, 2.24) is 18.7 Å². The molecule has 0 radical (unpaired) electrons. The zero-order valence-electron chi connectivity index (χ0n) is 18.9. The number of anilines is 2. The fraction of sp³-hybridized carbons (Fsp3) is 0.391. The first-order valence-corrected chi connectivity index (χ1v) is 11.0. The van der Waals surface area contributed by atoms with E-state index in [0.29, 0.717) is 24.7 Å². The molecule has 0 amide bonds. The van der Waals surface area contributed by atoms with Crippen molar-refractivity contribution in [2.24, 2.45) is 12.8 Å². The molecule has 1 aromatic carbocycles. The van der Waals surface area contributed by atoms with Crippen LogP contribution in [0.3, 0.4) is 0 Å². The van der Waals surface area contributed by atoms with Crippen molar-refractivity contribution in [2.45, 2.75) is 38.9 Å². The molecule has 1 unspecified atom stereocenters. The van der Waals surface area contributed by atoms with E-state index in [2.05, 4.69) is 9.88 Å². The summed E-state index contributed by atoms with van der Waals surface area (Å²) in [6, 6.07) is 6.62. The fourth-order valence-corrected chi connectivity index (χ4v) is 4.30. The van der Waals surface area contributed by atoms with Crippen molar-refractivity contribution in [3.63, 3.8) is 0 Å². The van der Waals surface area contributed by atoms with Gasteiger partial charge >= 0.3 is 5.69 Å². The van der Waals surface area contributed by atoms with Gasteiger partial charge in [0.15, 0.2) is 16.9 Å². The Morgan fingerprint density at radius 3 is 2.70 bits per heavy atom. The van der Waals surface area contributed by atoms with Crippen LogP contribution in [-0.4, -0.2) is 43.6 Å². The molecule has 174 valence electrons. The van der Waals surface area contributed by atoms with Crippen LogP contribution >= 0.6 is 0 Å². The van der Waals surface area contributed by atoms with Gasteiger partial charge in [-0.3, -0.25) is 18.7 Å². The highest BCUT2D eigenvalue weighted by molar-refractivity contribution is 6.00. The maximum Gasteiger partial charge on any atom is 0.332 e. The summed E-state index contributed by atoms with van der Waals surface area (Å²) in [6.07, 6.45) is 5.66. The molecule has 0 bridgehead atoms. The monoisotopic (exact) mass is 451 g/mol. The van der Waals surface area contributed by atoms with Crippen molar-refractivity contribution in [1.29, 1.82) is 0 Å². The van der Waals surface area contributed by atoms with Crippen LogP contribution in [0.25, 0.3) is 11.2 Å². The van der Waals surface area contributed by atoms with Gasteiger partial charge in [0.05, 0.1) is 6.54 Å². The molecule has 3 aromatic rings. The lowest BCUT2D eigenvalue weighted by atomic mass is 10.1. The second-order valence-electron chi connectivity index (χ2n) is 8.36. The number of Topliss-reactive ketones (excluding diaryl/α,β-unsaturated/α-hetero) is 1. The van der Waals surface area contributed by atoms with Crippen LogP contribution in [0, 0.1) is 0 Å². The molecular formula is C23H29N7O3. The second-order valence-corrected chi connectivity index (χ2v) is 8.36. The Morgan fingerprint density at radius 2 is 2.00 bits per heavy atom. The first-order chi connectivity index (χ1) is 15.8. The van der Waals surface area contributed by atoms with Crippen LogP contribution in [0.4, 0.5) is 11.6 Å². The van der Waals surface area contributed by atoms with Gasteiger partial charge in [0.25, 0.3) is 5.56 Å². The van der Waals surface area contributed by atoms with Gasteiger partial charge in [0.2, 0.25) is 5.95 Å². The summed E-state index contributed by atoms with van der Waals surface area (Å²) in [7, 11) is 1.56. The summed E-state index contributed by atoms with van der Waals surface area (Å²) < 4.78 is 4.07. The molecule has 33 heavy (non-hydrogen) atoms. The highest BCUT2D eigenvalue weighted by Crippen LogP contribution is 2.23. The predicted octanol–water partition coefficient (Wildman–Crippen LogP) is 0.865. The van der Waals surface area contributed by atoms with E-state index in [1.807, 2.05) is 19.1 Å². The number of para-hydroxylation sites is 1. The standard InChI is InChI=1S/C23H29N7O3/c1-3-4-12-29-19-20(26-22(29)28-11-7-8-15(24)13-28)27(2)23(33)30(21(19)32)14-18(31)16-9-5-6-10-17(16)25/h3-6,9-10,15H,7-8,11-14,24-25H2,1-2H3/b4-3+. The smallest absolute Gasteiger partial charge is 0.332 e. The predicted molar refractivity (Wildman–Crippen MR) is 129 cm³/mol. The van der Waals surface area contributed by atoms with Gasteiger partial charge in [0, 0.05) is 44.0 Å². The number of aromatic nitrogens is 4. The molecule has 0 saturated carbocycles. The van der Waals surface area contributed by atoms with Crippen molar-refractivity contribution >= 4 is 28.6 Å². The Bertz CT molecular complexity index is 1350. The van der Waals surface area contributed by atoms with Crippen LogP contribution in [0.15, 0.2) is 46.0 Å². The quantitative estimate of drug-likeness (QED) is 0.322. The summed E-state index contributed by atoms with van der Waals surface area (Å²) in [4.78, 5) is 46.2. The number of nitrogen functional groups attached to an aromatic ring is 1. The van der Waals surface area contributed by atoms with E-state index in [1.165, 1.54) is 4.57 Å². The SMILES string of the molecule is C/C=C/Cn1c(N2CCCC(N)C2)nc2c1c(=O)n(CC(=O)c1ccccc1N)c(=O)n2C. The third-order valence-corrected chi connectivity index (χ3v) is 6.04. The van der Waals surface area contributed by atoms with Crippen LogP contribution in [-0.2, 0) is 20.1 Å². The van der Waals surface area contributed by atoms with E-state index in [9.17, 15) is 14.4 Å². The number of carbonyl (C=O) groups excluding carboxylic acids is 1. The normalized spacial score (nSPS) is 16.7. The number of hydrogen-bond acceptors (Lipinski definition) is 7. The number of benzene rings is 1. The zero-order chi connectivity index (χ0) is 23.7. The Kier molecular flexibility index (Phi) is 6.19. The third-order valence-electron chi connectivity index (χ3n) is 6.04.